The number of hydrogen-bond donors (Lipinski definition) is 1. The summed E-state index contributed by atoms with van der Waals surface area (Å²) in [4.78, 5) is 49.2. The summed E-state index contributed by atoms with van der Waals surface area (Å²) >= 11 is 0. The van der Waals surface area contributed by atoms with Gasteiger partial charge in [-0.1, -0.05) is 51.0 Å². The van der Waals surface area contributed by atoms with Gasteiger partial charge >= 0.3 is 24.4 Å². The van der Waals surface area contributed by atoms with Gasteiger partial charge in [0.2, 0.25) is 0 Å². The van der Waals surface area contributed by atoms with E-state index in [0.717, 1.165) is 12.8 Å². The summed E-state index contributed by atoms with van der Waals surface area (Å²) in [5.41, 5.74) is 6.52. The number of benzene rings is 2. The molecule has 2 rings (SSSR count). The minimum Gasteiger partial charge on any atom is -0.461 e. The van der Waals surface area contributed by atoms with Crippen LogP contribution in [0.25, 0.3) is 0 Å². The van der Waals surface area contributed by atoms with Gasteiger partial charge in [0.25, 0.3) is 0 Å². The zero-order chi connectivity index (χ0) is 31.8. The Bertz CT molecular complexity index is 1190. The third-order valence-electron chi connectivity index (χ3n) is 5.84. The van der Waals surface area contributed by atoms with Gasteiger partial charge in [0.1, 0.15) is 36.7 Å². The first kappa shape index (κ1) is 34.9. The molecule has 0 spiro atoms. The van der Waals surface area contributed by atoms with Gasteiger partial charge in [-0.25, -0.2) is 14.4 Å². The van der Waals surface area contributed by atoms with Gasteiger partial charge in [0, 0.05) is 0 Å². The van der Waals surface area contributed by atoms with Crippen molar-refractivity contribution in [1.29, 1.82) is 0 Å². The Morgan fingerprint density at radius 1 is 0.698 bits per heavy atom. The Kier molecular flexibility index (Phi) is 14.8. The highest BCUT2D eigenvalue weighted by atomic mass is 16.8. The Balaban J connectivity index is 2.01. The van der Waals surface area contributed by atoms with E-state index in [4.69, 9.17) is 38.9 Å². The summed E-state index contributed by atoms with van der Waals surface area (Å²) in [5.74, 6) is -0.644. The van der Waals surface area contributed by atoms with Gasteiger partial charge in [-0.3, -0.25) is 4.79 Å². The van der Waals surface area contributed by atoms with Crippen LogP contribution in [0, 0.1) is 0 Å². The summed E-state index contributed by atoms with van der Waals surface area (Å²) in [5, 5.41) is 0. The smallest absolute Gasteiger partial charge is 0.461 e. The summed E-state index contributed by atoms with van der Waals surface area (Å²) in [6, 6.07) is 11.6. The fourth-order valence-electron chi connectivity index (χ4n) is 3.78. The van der Waals surface area contributed by atoms with E-state index >= 15 is 0 Å². The van der Waals surface area contributed by atoms with Gasteiger partial charge in [-0.15, -0.1) is 0 Å². The summed E-state index contributed by atoms with van der Waals surface area (Å²) in [7, 11) is 0. The molecule has 12 nitrogen and oxygen atoms in total. The summed E-state index contributed by atoms with van der Waals surface area (Å²) in [6.07, 6.45) is -1.57. The molecule has 0 aliphatic carbocycles. The first-order chi connectivity index (χ1) is 20.5. The van der Waals surface area contributed by atoms with Crippen molar-refractivity contribution in [1.82, 2.24) is 0 Å². The minimum atomic E-state index is -1.11. The van der Waals surface area contributed by atoms with Crippen LogP contribution in [0.5, 0.6) is 17.2 Å². The van der Waals surface area contributed by atoms with E-state index in [-0.39, 0.29) is 36.7 Å². The first-order valence-electron chi connectivity index (χ1n) is 14.3. The number of carbonyl (C=O) groups excluding carboxylic acids is 4. The van der Waals surface area contributed by atoms with Gasteiger partial charge < -0.3 is 38.9 Å². The molecule has 0 aromatic heterocycles. The molecule has 43 heavy (non-hydrogen) atoms. The minimum absolute atomic E-state index is 0.0139. The number of hydrogen-bond acceptors (Lipinski definition) is 12. The van der Waals surface area contributed by atoms with Crippen molar-refractivity contribution in [2.24, 2.45) is 5.73 Å². The maximum atomic E-state index is 12.5. The number of nitrogens with two attached hydrogens (primary N) is 1. The zero-order valence-corrected chi connectivity index (χ0v) is 25.2. The normalized spacial score (nSPS) is 13.4. The lowest BCUT2D eigenvalue weighted by molar-refractivity contribution is -0.148. The summed E-state index contributed by atoms with van der Waals surface area (Å²) < 4.78 is 36.4. The molecule has 4 atom stereocenters. The molecule has 2 aromatic rings. The van der Waals surface area contributed by atoms with Crippen molar-refractivity contribution < 1.29 is 52.3 Å². The van der Waals surface area contributed by atoms with Crippen molar-refractivity contribution >= 4 is 24.4 Å². The van der Waals surface area contributed by atoms with Gasteiger partial charge in [-0.2, -0.15) is 0 Å². The second-order valence-electron chi connectivity index (χ2n) is 9.95. The lowest BCUT2D eigenvalue weighted by Crippen LogP contribution is -2.36. The maximum Gasteiger partial charge on any atom is 0.514 e. The predicted octanol–water partition coefficient (Wildman–Crippen LogP) is 6.11. The van der Waals surface area contributed by atoms with Crippen LogP contribution in [0.4, 0.5) is 14.4 Å². The fraction of sp³-hybridized carbons (Fsp3) is 0.484. The van der Waals surface area contributed by atoms with Crippen molar-refractivity contribution in [3.63, 3.8) is 0 Å². The molecule has 0 aliphatic rings. The highest BCUT2D eigenvalue weighted by molar-refractivity contribution is 5.76. The largest absolute Gasteiger partial charge is 0.514 e. The highest BCUT2D eigenvalue weighted by Gasteiger charge is 2.22. The van der Waals surface area contributed by atoms with Crippen molar-refractivity contribution in [2.75, 3.05) is 6.61 Å². The molecule has 2 N–H and O–H groups in total. The van der Waals surface area contributed by atoms with Crippen molar-refractivity contribution in [2.45, 2.75) is 91.1 Å². The topological polar surface area (TPSA) is 159 Å². The second kappa shape index (κ2) is 18.3. The highest BCUT2D eigenvalue weighted by Crippen LogP contribution is 2.30. The molecule has 0 amide bonds. The van der Waals surface area contributed by atoms with Crippen molar-refractivity contribution in [3.05, 3.63) is 54.1 Å². The molecule has 0 fully saturated rings. The Morgan fingerprint density at radius 2 is 1.23 bits per heavy atom. The molecule has 2 aromatic carbocycles. The zero-order valence-electron chi connectivity index (χ0n) is 25.2. The third kappa shape index (κ3) is 13.5. The molecule has 12 heteroatoms. The van der Waals surface area contributed by atoms with E-state index in [9.17, 15) is 19.2 Å². The third-order valence-corrected chi connectivity index (χ3v) is 5.84. The lowest BCUT2D eigenvalue weighted by atomic mass is 10.1. The fourth-order valence-corrected chi connectivity index (χ4v) is 3.78. The van der Waals surface area contributed by atoms with Crippen LogP contribution in [-0.2, 0) is 30.2 Å². The number of rotatable bonds is 15. The van der Waals surface area contributed by atoms with E-state index in [1.807, 2.05) is 13.8 Å². The van der Waals surface area contributed by atoms with E-state index < -0.39 is 36.6 Å². The Morgan fingerprint density at radius 3 is 1.81 bits per heavy atom. The number of para-hydroxylation sites is 1. The molecule has 236 valence electrons. The molecule has 0 radical (unpaired) electrons. The molecule has 2 unspecified atom stereocenters. The Hall–Kier alpha value is -4.32. The van der Waals surface area contributed by atoms with Crippen LogP contribution in [0.1, 0.15) is 65.9 Å². The molecular weight excluding hydrogens is 562 g/mol. The van der Waals surface area contributed by atoms with Crippen LogP contribution in [0.15, 0.2) is 48.5 Å². The average Bonchev–Trinajstić information content (AvgIpc) is 2.93. The first-order valence-corrected chi connectivity index (χ1v) is 14.3. The van der Waals surface area contributed by atoms with Crippen LogP contribution < -0.4 is 19.9 Å². The van der Waals surface area contributed by atoms with Crippen LogP contribution >= 0.6 is 0 Å². The average molecular weight is 604 g/mol. The summed E-state index contributed by atoms with van der Waals surface area (Å²) in [6.45, 7) is 8.65. The standard InChI is InChI=1S/C31H41NO11/c1-6-11-20(3)38-30(35)42-26-16-15-23(18-27(26)43-31(36)39-21(4)12-7-2)17-25(32)28(33)37-19-22(5)40-29(34)41-24-13-9-8-10-14-24/h8-10,13-16,18,20-22,25H,6-7,11-12,17,19,32H2,1-5H3/t20?,21?,22-,25-/m0/s1. The molecule has 0 bridgehead atoms. The van der Waals surface area contributed by atoms with Crippen LogP contribution in [0.3, 0.4) is 0 Å². The number of esters is 1. The molecular formula is C31H41NO11. The molecule has 0 saturated heterocycles. The van der Waals surface area contributed by atoms with E-state index in [2.05, 4.69) is 0 Å². The van der Waals surface area contributed by atoms with E-state index in [1.54, 1.807) is 50.2 Å². The second-order valence-corrected chi connectivity index (χ2v) is 9.95. The van der Waals surface area contributed by atoms with Gasteiger partial charge in [0.05, 0.1) is 0 Å². The SMILES string of the molecule is CCCC(C)OC(=O)Oc1ccc(C[C@H](N)C(=O)OC[C@H](C)OC(=O)Oc2ccccc2)cc1OC(=O)OC(C)CCC. The van der Waals surface area contributed by atoms with Crippen LogP contribution in [0.2, 0.25) is 0 Å². The molecule has 0 saturated carbocycles. The molecule has 0 aliphatic heterocycles. The van der Waals surface area contributed by atoms with E-state index in [0.29, 0.717) is 24.2 Å². The predicted molar refractivity (Wildman–Crippen MR) is 155 cm³/mol. The number of carbonyl (C=O) groups is 4. The van der Waals surface area contributed by atoms with Crippen LogP contribution in [-0.4, -0.2) is 55.4 Å². The Labute approximate surface area is 251 Å². The van der Waals surface area contributed by atoms with Crippen molar-refractivity contribution in [3.8, 4) is 17.2 Å². The van der Waals surface area contributed by atoms with Gasteiger partial charge in [0.15, 0.2) is 11.5 Å². The quantitative estimate of drug-likeness (QED) is 0.142. The lowest BCUT2D eigenvalue weighted by Gasteiger charge is -2.17. The monoisotopic (exact) mass is 603 g/mol. The van der Waals surface area contributed by atoms with E-state index in [1.165, 1.54) is 19.1 Å². The van der Waals surface area contributed by atoms with Gasteiger partial charge in [-0.05, 0) is 69.9 Å². The molecule has 0 heterocycles. The maximum absolute atomic E-state index is 12.5. The number of ether oxygens (including phenoxy) is 7.